The number of halogens is 1. The molecule has 0 spiro atoms. The molecule has 1 aromatic rings. The summed E-state index contributed by atoms with van der Waals surface area (Å²) in [6.07, 6.45) is 3.23. The number of ether oxygens (including phenoxy) is 1. The van der Waals surface area contributed by atoms with Crippen molar-refractivity contribution in [3.8, 4) is 5.75 Å². The average Bonchev–Trinajstić information content (AvgIpc) is 2.70. The second kappa shape index (κ2) is 6.19. The number of hydrogen-bond donors (Lipinski definition) is 1. The summed E-state index contributed by atoms with van der Waals surface area (Å²) >= 11 is 0. The summed E-state index contributed by atoms with van der Waals surface area (Å²) in [6.45, 7) is 6.50. The molecule has 1 N–H and O–H groups in total. The van der Waals surface area contributed by atoms with Crippen LogP contribution in [-0.4, -0.2) is 19.2 Å². The first-order valence-corrected chi connectivity index (χ1v) is 6.84. The Morgan fingerprint density at radius 1 is 1.50 bits per heavy atom. The molecule has 2 rings (SSSR count). The summed E-state index contributed by atoms with van der Waals surface area (Å²) in [4.78, 5) is 0. The molecule has 1 aromatic carbocycles. The lowest BCUT2D eigenvalue weighted by atomic mass is 10.00. The van der Waals surface area contributed by atoms with Crippen molar-refractivity contribution in [2.75, 3.05) is 13.1 Å². The van der Waals surface area contributed by atoms with Gasteiger partial charge in [-0.3, -0.25) is 0 Å². The van der Waals surface area contributed by atoms with Crippen LogP contribution >= 0.6 is 0 Å². The molecule has 0 saturated carbocycles. The van der Waals surface area contributed by atoms with Gasteiger partial charge >= 0.3 is 0 Å². The predicted octanol–water partition coefficient (Wildman–Crippen LogP) is 3.16. The molecular formula is C15H22FNO. The van der Waals surface area contributed by atoms with Crippen molar-refractivity contribution >= 4 is 0 Å². The Bertz CT molecular complexity index is 394. The minimum atomic E-state index is -0.171. The van der Waals surface area contributed by atoms with Crippen LogP contribution in [0.25, 0.3) is 0 Å². The van der Waals surface area contributed by atoms with Crippen LogP contribution in [0.1, 0.15) is 32.3 Å². The van der Waals surface area contributed by atoms with Gasteiger partial charge in [0.15, 0.2) is 0 Å². The number of hydrogen-bond acceptors (Lipinski definition) is 2. The van der Waals surface area contributed by atoms with Crippen LogP contribution < -0.4 is 10.1 Å². The minimum Gasteiger partial charge on any atom is -0.490 e. The van der Waals surface area contributed by atoms with Crippen LogP contribution in [0.2, 0.25) is 0 Å². The molecule has 100 valence electrons. The molecule has 2 atom stereocenters. The predicted molar refractivity (Wildman–Crippen MR) is 71.5 cm³/mol. The highest BCUT2D eigenvalue weighted by molar-refractivity contribution is 5.37. The molecule has 0 saturated heterocycles. The molecule has 1 aliphatic rings. The molecule has 18 heavy (non-hydrogen) atoms. The lowest BCUT2D eigenvalue weighted by Gasteiger charge is -2.17. The maximum absolute atomic E-state index is 13.1. The van der Waals surface area contributed by atoms with Gasteiger partial charge in [-0.25, -0.2) is 4.39 Å². The van der Waals surface area contributed by atoms with Crippen molar-refractivity contribution in [3.05, 3.63) is 29.6 Å². The van der Waals surface area contributed by atoms with E-state index in [1.807, 2.05) is 0 Å². The number of nitrogens with one attached hydrogen (secondary N) is 1. The molecule has 2 unspecified atom stereocenters. The molecular weight excluding hydrogens is 229 g/mol. The van der Waals surface area contributed by atoms with Crippen molar-refractivity contribution in [1.29, 1.82) is 0 Å². The average molecular weight is 251 g/mol. The van der Waals surface area contributed by atoms with Gasteiger partial charge < -0.3 is 10.1 Å². The van der Waals surface area contributed by atoms with Crippen LogP contribution in [0.15, 0.2) is 18.2 Å². The molecule has 2 nitrogen and oxygen atoms in total. The largest absolute Gasteiger partial charge is 0.490 e. The first-order valence-electron chi connectivity index (χ1n) is 6.84. The van der Waals surface area contributed by atoms with Gasteiger partial charge in [0.1, 0.15) is 17.7 Å². The Hall–Kier alpha value is -1.09. The molecule has 0 amide bonds. The summed E-state index contributed by atoms with van der Waals surface area (Å²) in [5.41, 5.74) is 1.01. The van der Waals surface area contributed by atoms with Gasteiger partial charge in [0, 0.05) is 12.0 Å². The Balaban J connectivity index is 1.80. The topological polar surface area (TPSA) is 21.3 Å². The zero-order valence-electron chi connectivity index (χ0n) is 11.2. The van der Waals surface area contributed by atoms with Gasteiger partial charge in [-0.05, 0) is 50.0 Å². The fourth-order valence-corrected chi connectivity index (χ4v) is 2.48. The van der Waals surface area contributed by atoms with Crippen LogP contribution in [0, 0.1) is 11.7 Å². The first kappa shape index (κ1) is 13.3. The number of fused-ring (bicyclic) bond motifs is 1. The van der Waals surface area contributed by atoms with E-state index in [4.69, 9.17) is 4.74 Å². The molecule has 0 aliphatic carbocycles. The minimum absolute atomic E-state index is 0.171. The molecule has 1 aliphatic heterocycles. The van der Waals surface area contributed by atoms with Crippen LogP contribution in [0.5, 0.6) is 5.75 Å². The van der Waals surface area contributed by atoms with Gasteiger partial charge in [0.05, 0.1) is 0 Å². The van der Waals surface area contributed by atoms with Gasteiger partial charge in [0.2, 0.25) is 0 Å². The SMILES string of the molecule is CCCNCC(C)CC1Cc2cc(F)ccc2O1. The van der Waals surface area contributed by atoms with Gasteiger partial charge in [-0.2, -0.15) is 0 Å². The van der Waals surface area contributed by atoms with Gasteiger partial charge in [-0.1, -0.05) is 13.8 Å². The van der Waals surface area contributed by atoms with Crippen molar-refractivity contribution in [1.82, 2.24) is 5.32 Å². The fraction of sp³-hybridized carbons (Fsp3) is 0.600. The number of rotatable bonds is 6. The van der Waals surface area contributed by atoms with Gasteiger partial charge in [-0.15, -0.1) is 0 Å². The van der Waals surface area contributed by atoms with Gasteiger partial charge in [0.25, 0.3) is 0 Å². The lowest BCUT2D eigenvalue weighted by Crippen LogP contribution is -2.26. The van der Waals surface area contributed by atoms with E-state index in [9.17, 15) is 4.39 Å². The van der Waals surface area contributed by atoms with Crippen molar-refractivity contribution in [2.24, 2.45) is 5.92 Å². The zero-order chi connectivity index (χ0) is 13.0. The van der Waals surface area contributed by atoms with Crippen LogP contribution in [0.4, 0.5) is 4.39 Å². The van der Waals surface area contributed by atoms with Crippen LogP contribution in [0.3, 0.4) is 0 Å². The summed E-state index contributed by atoms with van der Waals surface area (Å²) in [7, 11) is 0. The zero-order valence-corrected chi connectivity index (χ0v) is 11.2. The van der Waals surface area contributed by atoms with Crippen LogP contribution in [-0.2, 0) is 6.42 Å². The second-order valence-electron chi connectivity index (χ2n) is 5.24. The van der Waals surface area contributed by atoms with Crippen molar-refractivity contribution in [3.63, 3.8) is 0 Å². The van der Waals surface area contributed by atoms with E-state index in [0.29, 0.717) is 5.92 Å². The van der Waals surface area contributed by atoms with E-state index < -0.39 is 0 Å². The van der Waals surface area contributed by atoms with E-state index in [2.05, 4.69) is 19.2 Å². The molecule has 1 heterocycles. The highest BCUT2D eigenvalue weighted by Crippen LogP contribution is 2.31. The third-order valence-electron chi connectivity index (χ3n) is 3.35. The Morgan fingerprint density at radius 2 is 2.33 bits per heavy atom. The Morgan fingerprint density at radius 3 is 3.11 bits per heavy atom. The maximum atomic E-state index is 13.1. The summed E-state index contributed by atoms with van der Waals surface area (Å²) in [6, 6.07) is 4.80. The second-order valence-corrected chi connectivity index (χ2v) is 5.24. The highest BCUT2D eigenvalue weighted by atomic mass is 19.1. The maximum Gasteiger partial charge on any atom is 0.123 e. The van der Waals surface area contributed by atoms with E-state index in [-0.39, 0.29) is 11.9 Å². The summed E-state index contributed by atoms with van der Waals surface area (Å²) < 4.78 is 18.9. The quantitative estimate of drug-likeness (QED) is 0.784. The van der Waals surface area contributed by atoms with Crippen molar-refractivity contribution in [2.45, 2.75) is 39.2 Å². The van der Waals surface area contributed by atoms with Crippen molar-refractivity contribution < 1.29 is 9.13 Å². The third-order valence-corrected chi connectivity index (χ3v) is 3.35. The van der Waals surface area contributed by atoms with E-state index in [1.54, 1.807) is 12.1 Å². The van der Waals surface area contributed by atoms with E-state index >= 15 is 0 Å². The standard InChI is InChI=1S/C15H22FNO/c1-3-6-17-10-11(2)7-14-9-12-8-13(16)4-5-15(12)18-14/h4-5,8,11,14,17H,3,6-7,9-10H2,1-2H3. The molecule has 0 radical (unpaired) electrons. The first-order chi connectivity index (χ1) is 8.69. The fourth-order valence-electron chi connectivity index (χ4n) is 2.48. The van der Waals surface area contributed by atoms with E-state index in [1.165, 1.54) is 6.07 Å². The number of benzene rings is 1. The summed E-state index contributed by atoms with van der Waals surface area (Å²) in [5, 5.41) is 3.42. The highest BCUT2D eigenvalue weighted by Gasteiger charge is 2.24. The third kappa shape index (κ3) is 3.45. The van der Waals surface area contributed by atoms with E-state index in [0.717, 1.165) is 43.7 Å². The molecule has 0 aromatic heterocycles. The molecule has 3 heteroatoms. The monoisotopic (exact) mass is 251 g/mol. The summed E-state index contributed by atoms with van der Waals surface area (Å²) in [5.74, 6) is 1.27. The normalized spacial score (nSPS) is 19.4. The Kier molecular flexibility index (Phi) is 4.59. The molecule has 0 bridgehead atoms. The smallest absolute Gasteiger partial charge is 0.123 e. The lowest BCUT2D eigenvalue weighted by molar-refractivity contribution is 0.196. The molecule has 0 fully saturated rings. The Labute approximate surface area is 109 Å².